The Bertz CT molecular complexity index is 369. The molecule has 0 radical (unpaired) electrons. The number of nitrogens with one attached hydrogen (secondary N) is 1. The van der Waals surface area contributed by atoms with E-state index in [9.17, 15) is 4.79 Å². The molecule has 92 valence electrons. The van der Waals surface area contributed by atoms with Gasteiger partial charge in [-0.2, -0.15) is 0 Å². The molecule has 2 rings (SSSR count). The van der Waals surface area contributed by atoms with Crippen molar-refractivity contribution in [2.24, 2.45) is 0 Å². The summed E-state index contributed by atoms with van der Waals surface area (Å²) in [5.74, 6) is 0. The van der Waals surface area contributed by atoms with Crippen LogP contribution in [0, 0.1) is 0 Å². The Morgan fingerprint density at radius 1 is 1.47 bits per heavy atom. The predicted octanol–water partition coefficient (Wildman–Crippen LogP) is 1.38. The summed E-state index contributed by atoms with van der Waals surface area (Å²) in [6, 6.07) is 9.52. The van der Waals surface area contributed by atoms with Crippen LogP contribution in [0.25, 0.3) is 0 Å². The first kappa shape index (κ1) is 11.9. The molecule has 0 aliphatic carbocycles. The lowest BCUT2D eigenvalue weighted by molar-refractivity contribution is 0.0963. The van der Waals surface area contributed by atoms with Gasteiger partial charge in [-0.15, -0.1) is 0 Å². The van der Waals surface area contributed by atoms with Crippen LogP contribution in [0.3, 0.4) is 0 Å². The number of likely N-dealkylation sites (tertiary alicyclic amines) is 1. The Kier molecular flexibility index (Phi) is 3.95. The minimum absolute atomic E-state index is 0.0423. The lowest BCUT2D eigenvalue weighted by Gasteiger charge is -2.15. The van der Waals surface area contributed by atoms with Crippen molar-refractivity contribution in [3.05, 3.63) is 35.9 Å². The normalized spacial score (nSPS) is 19.4. The van der Waals surface area contributed by atoms with Crippen molar-refractivity contribution in [3.8, 4) is 0 Å². The standard InChI is InChI=1S/C12H16N2O3/c15-12(14-7-6-11(8-14)13-16)17-9-10-4-2-1-3-5-10/h1-5,11,13,16H,6-9H2/t11-/m1/s1. The molecule has 0 unspecified atom stereocenters. The number of carbonyl (C=O) groups is 1. The fourth-order valence-corrected chi connectivity index (χ4v) is 1.84. The quantitative estimate of drug-likeness (QED) is 0.778. The van der Waals surface area contributed by atoms with E-state index >= 15 is 0 Å². The maximum absolute atomic E-state index is 11.7. The minimum Gasteiger partial charge on any atom is -0.445 e. The largest absolute Gasteiger partial charge is 0.445 e. The van der Waals surface area contributed by atoms with Gasteiger partial charge in [0.25, 0.3) is 0 Å². The first-order chi connectivity index (χ1) is 8.29. The van der Waals surface area contributed by atoms with Crippen LogP contribution in [0.15, 0.2) is 30.3 Å². The summed E-state index contributed by atoms with van der Waals surface area (Å²) in [6.07, 6.45) is 0.420. The number of ether oxygens (including phenoxy) is 1. The summed E-state index contributed by atoms with van der Waals surface area (Å²) in [7, 11) is 0. The first-order valence-electron chi connectivity index (χ1n) is 5.65. The number of carbonyl (C=O) groups excluding carboxylic acids is 1. The number of hydrogen-bond donors (Lipinski definition) is 2. The van der Waals surface area contributed by atoms with Crippen molar-refractivity contribution in [1.82, 2.24) is 10.4 Å². The number of hydroxylamine groups is 1. The summed E-state index contributed by atoms with van der Waals surface area (Å²) in [6.45, 7) is 1.39. The highest BCUT2D eigenvalue weighted by Gasteiger charge is 2.26. The molecule has 0 spiro atoms. The smallest absolute Gasteiger partial charge is 0.410 e. The van der Waals surface area contributed by atoms with Crippen LogP contribution in [0.4, 0.5) is 4.79 Å². The Morgan fingerprint density at radius 2 is 2.24 bits per heavy atom. The second kappa shape index (κ2) is 5.65. The van der Waals surface area contributed by atoms with E-state index in [1.165, 1.54) is 0 Å². The fourth-order valence-electron chi connectivity index (χ4n) is 1.84. The van der Waals surface area contributed by atoms with Crippen molar-refractivity contribution in [2.45, 2.75) is 19.1 Å². The molecule has 5 heteroatoms. The van der Waals surface area contributed by atoms with Crippen LogP contribution in [0.5, 0.6) is 0 Å². The lowest BCUT2D eigenvalue weighted by atomic mass is 10.2. The van der Waals surface area contributed by atoms with Crippen molar-refractivity contribution in [1.29, 1.82) is 0 Å². The van der Waals surface area contributed by atoms with Crippen molar-refractivity contribution in [2.75, 3.05) is 13.1 Å². The van der Waals surface area contributed by atoms with E-state index in [2.05, 4.69) is 5.48 Å². The molecule has 17 heavy (non-hydrogen) atoms. The highest BCUT2D eigenvalue weighted by molar-refractivity contribution is 5.68. The third kappa shape index (κ3) is 3.18. The Labute approximate surface area is 99.9 Å². The molecule has 1 aliphatic heterocycles. The van der Waals surface area contributed by atoms with E-state index < -0.39 is 0 Å². The number of benzene rings is 1. The van der Waals surface area contributed by atoms with Crippen molar-refractivity contribution < 1.29 is 14.7 Å². The van der Waals surface area contributed by atoms with Gasteiger partial charge in [0.1, 0.15) is 6.61 Å². The Hall–Kier alpha value is -1.59. The molecule has 0 bridgehead atoms. The number of amides is 1. The zero-order chi connectivity index (χ0) is 12.1. The molecule has 5 nitrogen and oxygen atoms in total. The van der Waals surface area contributed by atoms with Gasteiger partial charge in [-0.25, -0.2) is 10.3 Å². The van der Waals surface area contributed by atoms with Gasteiger partial charge < -0.3 is 14.8 Å². The third-order valence-corrected chi connectivity index (χ3v) is 2.83. The molecule has 2 N–H and O–H groups in total. The van der Waals surface area contributed by atoms with E-state index in [0.717, 1.165) is 12.0 Å². The number of nitrogens with zero attached hydrogens (tertiary/aromatic N) is 1. The van der Waals surface area contributed by atoms with E-state index in [1.54, 1.807) is 4.90 Å². The summed E-state index contributed by atoms with van der Waals surface area (Å²) < 4.78 is 5.18. The summed E-state index contributed by atoms with van der Waals surface area (Å²) in [5.41, 5.74) is 3.14. The highest BCUT2D eigenvalue weighted by atomic mass is 16.6. The molecule has 1 aromatic carbocycles. The highest BCUT2D eigenvalue weighted by Crippen LogP contribution is 2.11. The van der Waals surface area contributed by atoms with Gasteiger partial charge >= 0.3 is 6.09 Å². The van der Waals surface area contributed by atoms with Gasteiger partial charge in [0.2, 0.25) is 0 Å². The molecule has 1 aliphatic rings. The SMILES string of the molecule is O=C(OCc1ccccc1)N1CC[C@@H](NO)C1. The zero-order valence-electron chi connectivity index (χ0n) is 9.50. The van der Waals surface area contributed by atoms with Crippen molar-refractivity contribution >= 4 is 6.09 Å². The molecule has 0 aromatic heterocycles. The Balaban J connectivity index is 1.78. The summed E-state index contributed by atoms with van der Waals surface area (Å²) in [5, 5.41) is 8.74. The van der Waals surface area contributed by atoms with Crippen LogP contribution in [0.2, 0.25) is 0 Å². The third-order valence-electron chi connectivity index (χ3n) is 2.83. The van der Waals surface area contributed by atoms with Gasteiger partial charge in [-0.05, 0) is 12.0 Å². The van der Waals surface area contributed by atoms with Gasteiger partial charge in [0.05, 0.1) is 6.04 Å². The molecule has 0 saturated carbocycles. The summed E-state index contributed by atoms with van der Waals surface area (Å²) >= 11 is 0. The maximum Gasteiger partial charge on any atom is 0.410 e. The van der Waals surface area contributed by atoms with Crippen LogP contribution in [0.1, 0.15) is 12.0 Å². The van der Waals surface area contributed by atoms with E-state index in [0.29, 0.717) is 13.1 Å². The number of rotatable bonds is 3. The monoisotopic (exact) mass is 236 g/mol. The topological polar surface area (TPSA) is 61.8 Å². The van der Waals surface area contributed by atoms with E-state index in [-0.39, 0.29) is 18.7 Å². The minimum atomic E-state index is -0.327. The van der Waals surface area contributed by atoms with Crippen LogP contribution >= 0.6 is 0 Å². The lowest BCUT2D eigenvalue weighted by Crippen LogP contribution is -2.33. The van der Waals surface area contributed by atoms with Gasteiger partial charge in [0.15, 0.2) is 0 Å². The van der Waals surface area contributed by atoms with Crippen LogP contribution in [-0.2, 0) is 11.3 Å². The first-order valence-corrected chi connectivity index (χ1v) is 5.65. The number of hydrogen-bond acceptors (Lipinski definition) is 4. The Morgan fingerprint density at radius 3 is 2.88 bits per heavy atom. The van der Waals surface area contributed by atoms with Crippen LogP contribution < -0.4 is 5.48 Å². The molecule has 1 atom stereocenters. The molecule has 1 fully saturated rings. The molecule has 1 saturated heterocycles. The molecular formula is C12H16N2O3. The molecule has 1 amide bonds. The second-order valence-corrected chi connectivity index (χ2v) is 4.10. The average molecular weight is 236 g/mol. The maximum atomic E-state index is 11.7. The second-order valence-electron chi connectivity index (χ2n) is 4.10. The molecule has 1 heterocycles. The average Bonchev–Trinajstić information content (AvgIpc) is 2.86. The molecular weight excluding hydrogens is 220 g/mol. The predicted molar refractivity (Wildman–Crippen MR) is 61.5 cm³/mol. The molecule has 1 aromatic rings. The zero-order valence-corrected chi connectivity index (χ0v) is 9.50. The van der Waals surface area contributed by atoms with E-state index in [1.807, 2.05) is 30.3 Å². The fraction of sp³-hybridized carbons (Fsp3) is 0.417. The van der Waals surface area contributed by atoms with Crippen molar-refractivity contribution in [3.63, 3.8) is 0 Å². The van der Waals surface area contributed by atoms with E-state index in [4.69, 9.17) is 9.94 Å². The van der Waals surface area contributed by atoms with Gasteiger partial charge in [0, 0.05) is 13.1 Å². The summed E-state index contributed by atoms with van der Waals surface area (Å²) in [4.78, 5) is 13.3. The van der Waals surface area contributed by atoms with Gasteiger partial charge in [-0.3, -0.25) is 0 Å². The van der Waals surface area contributed by atoms with Crippen LogP contribution in [-0.4, -0.2) is 35.3 Å². The van der Waals surface area contributed by atoms with Gasteiger partial charge in [-0.1, -0.05) is 30.3 Å².